The van der Waals surface area contributed by atoms with Gasteiger partial charge < -0.3 is 5.41 Å². The van der Waals surface area contributed by atoms with Crippen LogP contribution in [-0.2, 0) is 0 Å². The van der Waals surface area contributed by atoms with E-state index in [1.54, 1.807) is 0 Å². The van der Waals surface area contributed by atoms with Gasteiger partial charge in [0.15, 0.2) is 0 Å². The zero-order valence-electron chi connectivity index (χ0n) is 8.82. The average Bonchev–Trinajstić information content (AvgIpc) is 2.03. The molecule has 0 amide bonds. The summed E-state index contributed by atoms with van der Waals surface area (Å²) < 4.78 is 0. The van der Waals surface area contributed by atoms with E-state index in [2.05, 4.69) is 20.8 Å². The van der Waals surface area contributed by atoms with E-state index in [0.29, 0.717) is 5.92 Å². The van der Waals surface area contributed by atoms with E-state index in [4.69, 9.17) is 5.41 Å². The SMILES string of the molecule is CCCCCCCC(=N)C(C)C. The van der Waals surface area contributed by atoms with Crippen LogP contribution in [-0.4, -0.2) is 5.71 Å². The third-order valence-electron chi connectivity index (χ3n) is 2.25. The topological polar surface area (TPSA) is 23.9 Å². The van der Waals surface area contributed by atoms with E-state index < -0.39 is 0 Å². The molecule has 0 heterocycles. The monoisotopic (exact) mass is 169 g/mol. The van der Waals surface area contributed by atoms with Crippen LogP contribution in [0.3, 0.4) is 0 Å². The van der Waals surface area contributed by atoms with Crippen LogP contribution in [0.15, 0.2) is 0 Å². The molecule has 0 atom stereocenters. The van der Waals surface area contributed by atoms with Gasteiger partial charge in [0.1, 0.15) is 0 Å². The lowest BCUT2D eigenvalue weighted by Crippen LogP contribution is -2.04. The Balaban J connectivity index is 3.14. The molecule has 0 aromatic carbocycles. The highest BCUT2D eigenvalue weighted by atomic mass is 14.4. The van der Waals surface area contributed by atoms with Crippen LogP contribution in [0, 0.1) is 11.3 Å². The van der Waals surface area contributed by atoms with Gasteiger partial charge in [-0.25, -0.2) is 0 Å². The summed E-state index contributed by atoms with van der Waals surface area (Å²) in [6, 6.07) is 0. The number of hydrogen-bond donors (Lipinski definition) is 1. The van der Waals surface area contributed by atoms with Crippen LogP contribution in [0.25, 0.3) is 0 Å². The van der Waals surface area contributed by atoms with Crippen molar-refractivity contribution in [2.24, 2.45) is 5.92 Å². The number of nitrogens with one attached hydrogen (secondary N) is 1. The molecule has 1 heteroatoms. The third-order valence-corrected chi connectivity index (χ3v) is 2.25. The highest BCUT2D eigenvalue weighted by Crippen LogP contribution is 2.08. The van der Waals surface area contributed by atoms with Gasteiger partial charge in [-0.05, 0) is 18.8 Å². The summed E-state index contributed by atoms with van der Waals surface area (Å²) in [5.41, 5.74) is 0.923. The molecule has 12 heavy (non-hydrogen) atoms. The fourth-order valence-electron chi connectivity index (χ4n) is 1.21. The van der Waals surface area contributed by atoms with Crippen molar-refractivity contribution in [1.29, 1.82) is 5.41 Å². The predicted octanol–water partition coefficient (Wildman–Crippen LogP) is 4.02. The quantitative estimate of drug-likeness (QED) is 0.439. The largest absolute Gasteiger partial charge is 0.309 e. The van der Waals surface area contributed by atoms with Crippen LogP contribution in [0.4, 0.5) is 0 Å². The molecular weight excluding hydrogens is 146 g/mol. The standard InChI is InChI=1S/C11H23N/c1-4-5-6-7-8-9-11(12)10(2)3/h10,12H,4-9H2,1-3H3. The summed E-state index contributed by atoms with van der Waals surface area (Å²) in [6.07, 6.45) is 7.56. The molecule has 0 aliphatic carbocycles. The van der Waals surface area contributed by atoms with Gasteiger partial charge in [0.05, 0.1) is 0 Å². The van der Waals surface area contributed by atoms with Crippen molar-refractivity contribution in [1.82, 2.24) is 0 Å². The molecule has 72 valence electrons. The maximum atomic E-state index is 7.62. The summed E-state index contributed by atoms with van der Waals surface area (Å²) in [7, 11) is 0. The van der Waals surface area contributed by atoms with E-state index in [1.807, 2.05) is 0 Å². The minimum atomic E-state index is 0.455. The van der Waals surface area contributed by atoms with Gasteiger partial charge >= 0.3 is 0 Å². The Morgan fingerprint density at radius 2 is 1.67 bits per heavy atom. The first-order valence-electron chi connectivity index (χ1n) is 5.25. The summed E-state index contributed by atoms with van der Waals surface area (Å²) in [6.45, 7) is 6.44. The van der Waals surface area contributed by atoms with Crippen LogP contribution < -0.4 is 0 Å². The molecule has 0 saturated heterocycles. The normalized spacial score (nSPS) is 10.7. The maximum Gasteiger partial charge on any atom is 0.0114 e. The first-order chi connectivity index (χ1) is 5.68. The summed E-state index contributed by atoms with van der Waals surface area (Å²) >= 11 is 0. The summed E-state index contributed by atoms with van der Waals surface area (Å²) in [4.78, 5) is 0. The fraction of sp³-hybridized carbons (Fsp3) is 0.909. The van der Waals surface area contributed by atoms with E-state index in [0.717, 1.165) is 12.1 Å². The molecule has 0 fully saturated rings. The molecule has 1 nitrogen and oxygen atoms in total. The summed E-state index contributed by atoms with van der Waals surface area (Å²) in [5.74, 6) is 0.455. The van der Waals surface area contributed by atoms with Crippen LogP contribution >= 0.6 is 0 Å². The number of unbranched alkanes of at least 4 members (excludes halogenated alkanes) is 4. The second-order valence-corrected chi connectivity index (χ2v) is 3.84. The molecule has 0 aliphatic heterocycles. The summed E-state index contributed by atoms with van der Waals surface area (Å²) in [5, 5.41) is 7.62. The van der Waals surface area contributed by atoms with Crippen molar-refractivity contribution in [2.75, 3.05) is 0 Å². The molecule has 1 N–H and O–H groups in total. The maximum absolute atomic E-state index is 7.62. The predicted molar refractivity (Wildman–Crippen MR) is 55.9 cm³/mol. The van der Waals surface area contributed by atoms with Crippen molar-refractivity contribution in [3.8, 4) is 0 Å². The van der Waals surface area contributed by atoms with Crippen molar-refractivity contribution >= 4 is 5.71 Å². The Kier molecular flexibility index (Phi) is 7.12. The van der Waals surface area contributed by atoms with E-state index in [1.165, 1.54) is 32.1 Å². The van der Waals surface area contributed by atoms with Crippen molar-refractivity contribution < 1.29 is 0 Å². The minimum absolute atomic E-state index is 0.455. The Labute approximate surface area is 77.1 Å². The Hall–Kier alpha value is -0.330. The Bertz CT molecular complexity index is 116. The molecule has 0 aromatic heterocycles. The average molecular weight is 169 g/mol. The van der Waals surface area contributed by atoms with Crippen molar-refractivity contribution in [3.63, 3.8) is 0 Å². The van der Waals surface area contributed by atoms with Crippen molar-refractivity contribution in [3.05, 3.63) is 0 Å². The smallest absolute Gasteiger partial charge is 0.0114 e. The number of hydrogen-bond acceptors (Lipinski definition) is 1. The second-order valence-electron chi connectivity index (χ2n) is 3.84. The number of rotatable bonds is 7. The van der Waals surface area contributed by atoms with Crippen LogP contribution in [0.1, 0.15) is 59.3 Å². The van der Waals surface area contributed by atoms with Gasteiger partial charge in [-0.3, -0.25) is 0 Å². The molecule has 0 spiro atoms. The zero-order chi connectivity index (χ0) is 9.40. The second kappa shape index (κ2) is 7.33. The molecule has 0 radical (unpaired) electrons. The third kappa shape index (κ3) is 6.38. The lowest BCUT2D eigenvalue weighted by Gasteiger charge is -2.06. The van der Waals surface area contributed by atoms with E-state index >= 15 is 0 Å². The minimum Gasteiger partial charge on any atom is -0.309 e. The van der Waals surface area contributed by atoms with E-state index in [9.17, 15) is 0 Å². The highest BCUT2D eigenvalue weighted by molar-refractivity contribution is 5.82. The van der Waals surface area contributed by atoms with Gasteiger partial charge in [-0.1, -0.05) is 46.5 Å². The molecule has 0 rings (SSSR count). The van der Waals surface area contributed by atoms with Gasteiger partial charge in [-0.2, -0.15) is 0 Å². The fourth-order valence-corrected chi connectivity index (χ4v) is 1.21. The lowest BCUT2D eigenvalue weighted by molar-refractivity contribution is 0.636. The first kappa shape index (κ1) is 11.7. The van der Waals surface area contributed by atoms with Crippen LogP contribution in [0.2, 0.25) is 0 Å². The van der Waals surface area contributed by atoms with Gasteiger partial charge in [0.2, 0.25) is 0 Å². The molecular formula is C11H23N. The lowest BCUT2D eigenvalue weighted by atomic mass is 10.0. The molecule has 0 unspecified atom stereocenters. The van der Waals surface area contributed by atoms with Crippen molar-refractivity contribution in [2.45, 2.75) is 59.3 Å². The Morgan fingerprint density at radius 1 is 1.08 bits per heavy atom. The zero-order valence-corrected chi connectivity index (χ0v) is 8.82. The van der Waals surface area contributed by atoms with E-state index in [-0.39, 0.29) is 0 Å². The van der Waals surface area contributed by atoms with Crippen LogP contribution in [0.5, 0.6) is 0 Å². The first-order valence-corrected chi connectivity index (χ1v) is 5.25. The Morgan fingerprint density at radius 3 is 2.17 bits per heavy atom. The molecule has 0 bridgehead atoms. The molecule has 0 aliphatic rings. The van der Waals surface area contributed by atoms with Gasteiger partial charge in [-0.15, -0.1) is 0 Å². The van der Waals surface area contributed by atoms with Gasteiger partial charge in [0, 0.05) is 5.71 Å². The molecule has 0 saturated carbocycles. The highest BCUT2D eigenvalue weighted by Gasteiger charge is 2.01. The van der Waals surface area contributed by atoms with Gasteiger partial charge in [0.25, 0.3) is 0 Å². The molecule has 0 aromatic rings.